The summed E-state index contributed by atoms with van der Waals surface area (Å²) in [6.45, 7) is 0. The zero-order chi connectivity index (χ0) is 18.0. The lowest BCUT2D eigenvalue weighted by molar-refractivity contribution is -0.0103. The van der Waals surface area contributed by atoms with E-state index in [-0.39, 0.29) is 5.41 Å². The third-order valence-electron chi connectivity index (χ3n) is 6.83. The minimum Gasteiger partial charge on any atom is -0.186 e. The van der Waals surface area contributed by atoms with Crippen LogP contribution in [0.3, 0.4) is 0 Å². The number of rotatable bonds is 3. The van der Waals surface area contributed by atoms with Crippen molar-refractivity contribution in [1.29, 1.82) is 0 Å². The van der Waals surface area contributed by atoms with E-state index in [0.29, 0.717) is 0 Å². The van der Waals surface area contributed by atoms with Crippen molar-refractivity contribution in [2.75, 3.05) is 0 Å². The molecule has 0 atom stereocenters. The van der Waals surface area contributed by atoms with Gasteiger partial charge in [-0.25, -0.2) is 0 Å². The average Bonchev–Trinajstić information content (AvgIpc) is 3.20. The van der Waals surface area contributed by atoms with E-state index in [0.717, 1.165) is 44.1 Å². The lowest BCUT2D eigenvalue weighted by Crippen LogP contribution is -2.49. The monoisotopic (exact) mass is 396 g/mol. The van der Waals surface area contributed by atoms with E-state index in [2.05, 4.69) is 10.2 Å². The zero-order valence-corrected chi connectivity index (χ0v) is 16.6. The standard InChI is InChI=1S/C21H21ClN4S/c22-17-4-2-1-3-16(17)5-6-18-25-26-19(23-24-20(26)27-18)21-10-13-7-14(11-21)9-15(8-13)12-21/h1-6,13-15H,7-12H2. The highest BCUT2D eigenvalue weighted by Crippen LogP contribution is 2.60. The van der Waals surface area contributed by atoms with Crippen LogP contribution in [0.25, 0.3) is 17.1 Å². The first kappa shape index (κ1) is 16.3. The van der Waals surface area contributed by atoms with E-state index in [1.54, 1.807) is 11.3 Å². The van der Waals surface area contributed by atoms with E-state index in [4.69, 9.17) is 16.7 Å². The minimum absolute atomic E-state index is 0.214. The highest BCUT2D eigenvalue weighted by Gasteiger charge is 2.54. The van der Waals surface area contributed by atoms with Crippen molar-refractivity contribution < 1.29 is 0 Å². The van der Waals surface area contributed by atoms with Gasteiger partial charge in [0.05, 0.1) is 0 Å². The van der Waals surface area contributed by atoms with Gasteiger partial charge in [0.1, 0.15) is 5.01 Å². The number of aromatic nitrogens is 4. The molecule has 4 bridgehead atoms. The summed E-state index contributed by atoms with van der Waals surface area (Å²) in [7, 11) is 0. The molecular formula is C21H21ClN4S. The van der Waals surface area contributed by atoms with Crippen molar-refractivity contribution in [3.05, 3.63) is 45.7 Å². The average molecular weight is 397 g/mol. The maximum atomic E-state index is 6.25. The topological polar surface area (TPSA) is 43.1 Å². The third-order valence-corrected chi connectivity index (χ3v) is 8.04. The second-order valence-corrected chi connectivity index (χ2v) is 10.1. The van der Waals surface area contributed by atoms with Crippen LogP contribution in [-0.4, -0.2) is 19.8 Å². The fourth-order valence-corrected chi connectivity index (χ4v) is 7.13. The van der Waals surface area contributed by atoms with Gasteiger partial charge >= 0.3 is 0 Å². The summed E-state index contributed by atoms with van der Waals surface area (Å²) in [6, 6.07) is 7.86. The molecule has 0 N–H and O–H groups in total. The maximum absolute atomic E-state index is 6.25. The normalized spacial score (nSPS) is 32.1. The van der Waals surface area contributed by atoms with Gasteiger partial charge in [-0.05, 0) is 74.0 Å². The van der Waals surface area contributed by atoms with Gasteiger partial charge in [-0.3, -0.25) is 0 Å². The lowest BCUT2D eigenvalue weighted by atomic mass is 9.49. The SMILES string of the molecule is Clc1ccccc1C=Cc1nn2c(C34CC5CC(CC(C5)C3)C4)nnc2s1. The zero-order valence-electron chi connectivity index (χ0n) is 15.0. The molecule has 4 aliphatic carbocycles. The van der Waals surface area contributed by atoms with Crippen LogP contribution in [0.1, 0.15) is 54.9 Å². The number of hydrogen-bond acceptors (Lipinski definition) is 4. The number of nitrogens with zero attached hydrogens (tertiary/aromatic N) is 4. The number of benzene rings is 1. The van der Waals surface area contributed by atoms with Crippen molar-refractivity contribution >= 4 is 40.1 Å². The predicted octanol–water partition coefficient (Wildman–Crippen LogP) is 5.48. The van der Waals surface area contributed by atoms with Gasteiger partial charge in [-0.15, -0.1) is 10.2 Å². The predicted molar refractivity (Wildman–Crippen MR) is 109 cm³/mol. The molecule has 1 aromatic carbocycles. The lowest BCUT2D eigenvalue weighted by Gasteiger charge is -2.55. The molecule has 0 spiro atoms. The van der Waals surface area contributed by atoms with Crippen LogP contribution in [0.4, 0.5) is 0 Å². The first-order chi connectivity index (χ1) is 13.2. The third kappa shape index (κ3) is 2.59. The second kappa shape index (κ2) is 5.89. The number of fused-ring (bicyclic) bond motifs is 1. The molecule has 138 valence electrons. The first-order valence-electron chi connectivity index (χ1n) is 9.84. The summed E-state index contributed by atoms with van der Waals surface area (Å²) < 4.78 is 2.03. The molecule has 2 heterocycles. The Balaban J connectivity index is 1.36. The van der Waals surface area contributed by atoms with Crippen LogP contribution >= 0.6 is 22.9 Å². The molecular weight excluding hydrogens is 376 g/mol. The second-order valence-electron chi connectivity index (χ2n) is 8.71. The Bertz CT molecular complexity index is 1010. The summed E-state index contributed by atoms with van der Waals surface area (Å²) in [4.78, 5) is 0.902. The molecule has 7 rings (SSSR count). The molecule has 0 radical (unpaired) electrons. The largest absolute Gasteiger partial charge is 0.234 e. The fraction of sp³-hybridized carbons (Fsp3) is 0.476. The van der Waals surface area contributed by atoms with Crippen molar-refractivity contribution in [3.8, 4) is 0 Å². The molecule has 4 nitrogen and oxygen atoms in total. The number of halogens is 1. The highest BCUT2D eigenvalue weighted by molar-refractivity contribution is 7.17. The van der Waals surface area contributed by atoms with Gasteiger partial charge in [-0.2, -0.15) is 9.61 Å². The quantitative estimate of drug-likeness (QED) is 0.588. The Morgan fingerprint density at radius 3 is 2.41 bits per heavy atom. The Morgan fingerprint density at radius 1 is 1.00 bits per heavy atom. The van der Waals surface area contributed by atoms with Gasteiger partial charge in [0.2, 0.25) is 4.96 Å². The van der Waals surface area contributed by atoms with Crippen LogP contribution in [0.2, 0.25) is 5.02 Å². The molecule has 4 fully saturated rings. The van der Waals surface area contributed by atoms with Gasteiger partial charge in [0.15, 0.2) is 5.82 Å². The summed E-state index contributed by atoms with van der Waals surface area (Å²) >= 11 is 7.85. The minimum atomic E-state index is 0.214. The van der Waals surface area contributed by atoms with Gasteiger partial charge in [0, 0.05) is 10.4 Å². The Morgan fingerprint density at radius 2 is 1.70 bits per heavy atom. The fourth-order valence-electron chi connectivity index (χ4n) is 6.19. The molecule has 0 saturated heterocycles. The molecule has 4 saturated carbocycles. The van der Waals surface area contributed by atoms with Crippen LogP contribution in [0, 0.1) is 17.8 Å². The Kier molecular flexibility index (Phi) is 3.54. The molecule has 4 aliphatic rings. The molecule has 27 heavy (non-hydrogen) atoms. The summed E-state index contributed by atoms with van der Waals surface area (Å²) in [6.07, 6.45) is 12.2. The van der Waals surface area contributed by atoms with E-state index >= 15 is 0 Å². The van der Waals surface area contributed by atoms with Crippen LogP contribution in [0.5, 0.6) is 0 Å². The Labute approximate surface area is 167 Å². The van der Waals surface area contributed by atoms with Crippen molar-refractivity contribution in [3.63, 3.8) is 0 Å². The van der Waals surface area contributed by atoms with Crippen LogP contribution in [-0.2, 0) is 5.41 Å². The van der Waals surface area contributed by atoms with Crippen LogP contribution < -0.4 is 0 Å². The van der Waals surface area contributed by atoms with E-state index in [9.17, 15) is 0 Å². The molecule has 0 amide bonds. The molecule has 2 aromatic heterocycles. The maximum Gasteiger partial charge on any atom is 0.234 e. The molecule has 0 aliphatic heterocycles. The van der Waals surface area contributed by atoms with Gasteiger partial charge < -0.3 is 0 Å². The van der Waals surface area contributed by atoms with Crippen molar-refractivity contribution in [2.45, 2.75) is 43.9 Å². The first-order valence-corrected chi connectivity index (χ1v) is 11.0. The summed E-state index contributed by atoms with van der Waals surface area (Å²) in [5.41, 5.74) is 1.22. The Hall–Kier alpha value is -1.72. The van der Waals surface area contributed by atoms with E-state index in [1.807, 2.05) is 40.9 Å². The van der Waals surface area contributed by atoms with Gasteiger partial charge in [-0.1, -0.05) is 47.2 Å². The van der Waals surface area contributed by atoms with Crippen molar-refractivity contribution in [1.82, 2.24) is 19.8 Å². The van der Waals surface area contributed by atoms with E-state index < -0.39 is 0 Å². The van der Waals surface area contributed by atoms with Crippen molar-refractivity contribution in [2.24, 2.45) is 17.8 Å². The van der Waals surface area contributed by atoms with Crippen LogP contribution in [0.15, 0.2) is 24.3 Å². The number of hydrogen-bond donors (Lipinski definition) is 0. The molecule has 6 heteroatoms. The molecule has 3 aromatic rings. The smallest absolute Gasteiger partial charge is 0.186 e. The molecule has 0 unspecified atom stereocenters. The van der Waals surface area contributed by atoms with E-state index in [1.165, 1.54) is 38.5 Å². The summed E-state index contributed by atoms with van der Waals surface area (Å²) in [5.74, 6) is 3.79. The summed E-state index contributed by atoms with van der Waals surface area (Å²) in [5, 5.41) is 15.7. The van der Waals surface area contributed by atoms with Gasteiger partial charge in [0.25, 0.3) is 0 Å². The highest BCUT2D eigenvalue weighted by atomic mass is 35.5.